The molecule has 19 heavy (non-hydrogen) atoms. The van der Waals surface area contributed by atoms with Crippen LogP contribution in [0.5, 0.6) is 0 Å². The van der Waals surface area contributed by atoms with Crippen LogP contribution in [0, 0.1) is 17.8 Å². The minimum absolute atomic E-state index is 0.130. The fourth-order valence-electron chi connectivity index (χ4n) is 2.72. The lowest BCUT2D eigenvalue weighted by atomic mass is 9.73. The summed E-state index contributed by atoms with van der Waals surface area (Å²) in [5, 5.41) is 3.36. The number of H-pyrrole nitrogens is 1. The molecule has 1 saturated carbocycles. The van der Waals surface area contributed by atoms with Gasteiger partial charge in [0.2, 0.25) is 0 Å². The average Bonchev–Trinajstić information content (AvgIpc) is 2.67. The maximum Gasteiger partial charge on any atom is 0.287 e. The molecule has 106 valence electrons. The van der Waals surface area contributed by atoms with Gasteiger partial charge in [-0.3, -0.25) is 4.79 Å². The SMILES string of the molecule is CC1CC(C)C(NC(=O)c2nc(Cl)c(Cl)[nH]2)CC1C. The largest absolute Gasteiger partial charge is 0.346 e. The van der Waals surface area contributed by atoms with Crippen LogP contribution in [0.15, 0.2) is 0 Å². The van der Waals surface area contributed by atoms with Crippen LogP contribution < -0.4 is 5.32 Å². The number of rotatable bonds is 2. The van der Waals surface area contributed by atoms with E-state index in [-0.39, 0.29) is 28.1 Å². The number of amides is 1. The zero-order valence-corrected chi connectivity index (χ0v) is 12.8. The Bertz CT molecular complexity index is 455. The van der Waals surface area contributed by atoms with Crippen LogP contribution in [0.4, 0.5) is 0 Å². The number of nitrogens with zero attached hydrogens (tertiary/aromatic N) is 1. The highest BCUT2D eigenvalue weighted by Crippen LogP contribution is 2.33. The molecule has 4 nitrogen and oxygen atoms in total. The van der Waals surface area contributed by atoms with Crippen molar-refractivity contribution in [1.82, 2.24) is 15.3 Å². The molecule has 0 aliphatic heterocycles. The third-order valence-electron chi connectivity index (χ3n) is 4.18. The quantitative estimate of drug-likeness (QED) is 0.878. The second-order valence-corrected chi connectivity index (χ2v) is 6.41. The Labute approximate surface area is 123 Å². The summed E-state index contributed by atoms with van der Waals surface area (Å²) in [6.07, 6.45) is 2.13. The number of aromatic nitrogens is 2. The van der Waals surface area contributed by atoms with Crippen LogP contribution in [0.1, 0.15) is 44.2 Å². The minimum Gasteiger partial charge on any atom is -0.346 e. The molecule has 0 saturated heterocycles. The summed E-state index contributed by atoms with van der Waals surface area (Å²) < 4.78 is 0. The van der Waals surface area contributed by atoms with Gasteiger partial charge >= 0.3 is 0 Å². The molecule has 4 atom stereocenters. The van der Waals surface area contributed by atoms with Crippen molar-refractivity contribution in [3.63, 3.8) is 0 Å². The first-order valence-corrected chi connectivity index (χ1v) is 7.36. The van der Waals surface area contributed by atoms with Crippen LogP contribution in [0.25, 0.3) is 0 Å². The Kier molecular flexibility index (Phi) is 4.41. The van der Waals surface area contributed by atoms with Gasteiger partial charge in [-0.05, 0) is 30.6 Å². The molecule has 0 bridgehead atoms. The number of carbonyl (C=O) groups is 1. The summed E-state index contributed by atoms with van der Waals surface area (Å²) in [4.78, 5) is 18.7. The Morgan fingerprint density at radius 3 is 2.42 bits per heavy atom. The highest BCUT2D eigenvalue weighted by Gasteiger charge is 2.31. The predicted molar refractivity (Wildman–Crippen MR) is 76.6 cm³/mol. The molecule has 2 N–H and O–H groups in total. The summed E-state index contributed by atoms with van der Waals surface area (Å²) in [5.41, 5.74) is 0. The molecule has 4 unspecified atom stereocenters. The van der Waals surface area contributed by atoms with E-state index in [0.717, 1.165) is 12.8 Å². The molecule has 1 aliphatic rings. The van der Waals surface area contributed by atoms with E-state index in [1.807, 2.05) is 0 Å². The molecule has 1 aromatic heterocycles. The van der Waals surface area contributed by atoms with E-state index in [9.17, 15) is 4.79 Å². The first kappa shape index (κ1) is 14.7. The number of halogens is 2. The van der Waals surface area contributed by atoms with E-state index < -0.39 is 0 Å². The molecule has 0 aromatic carbocycles. The maximum atomic E-state index is 12.1. The number of imidazole rings is 1. The fraction of sp³-hybridized carbons (Fsp3) is 0.692. The van der Waals surface area contributed by atoms with Crippen molar-refractivity contribution in [1.29, 1.82) is 0 Å². The zero-order chi connectivity index (χ0) is 14.2. The van der Waals surface area contributed by atoms with Crippen LogP contribution in [0.2, 0.25) is 10.3 Å². The number of hydrogen-bond acceptors (Lipinski definition) is 2. The summed E-state index contributed by atoms with van der Waals surface area (Å²) in [5.74, 6) is 1.72. The first-order valence-electron chi connectivity index (χ1n) is 6.60. The van der Waals surface area contributed by atoms with Gasteiger partial charge in [0.15, 0.2) is 11.0 Å². The highest BCUT2D eigenvalue weighted by molar-refractivity contribution is 6.40. The third kappa shape index (κ3) is 3.23. The van der Waals surface area contributed by atoms with Crippen molar-refractivity contribution in [2.75, 3.05) is 0 Å². The summed E-state index contributed by atoms with van der Waals surface area (Å²) in [6, 6.07) is 0.182. The van der Waals surface area contributed by atoms with Crippen molar-refractivity contribution in [3.05, 3.63) is 16.1 Å². The molecule has 0 radical (unpaired) electrons. The molecule has 1 amide bonds. The van der Waals surface area contributed by atoms with Crippen LogP contribution in [0.3, 0.4) is 0 Å². The lowest BCUT2D eigenvalue weighted by molar-refractivity contribution is 0.0862. The first-order chi connectivity index (χ1) is 8.88. The molecule has 6 heteroatoms. The monoisotopic (exact) mass is 303 g/mol. The van der Waals surface area contributed by atoms with Gasteiger partial charge in [-0.25, -0.2) is 4.98 Å². The van der Waals surface area contributed by atoms with Crippen molar-refractivity contribution in [3.8, 4) is 0 Å². The zero-order valence-electron chi connectivity index (χ0n) is 11.3. The van der Waals surface area contributed by atoms with Crippen LogP contribution in [-0.2, 0) is 0 Å². The molecule has 1 fully saturated rings. The molecule has 1 heterocycles. The van der Waals surface area contributed by atoms with Gasteiger partial charge in [-0.2, -0.15) is 0 Å². The van der Waals surface area contributed by atoms with Gasteiger partial charge in [-0.15, -0.1) is 0 Å². The molecule has 1 aliphatic carbocycles. The van der Waals surface area contributed by atoms with Gasteiger partial charge in [0.25, 0.3) is 5.91 Å². The van der Waals surface area contributed by atoms with Crippen molar-refractivity contribution in [2.45, 2.75) is 39.7 Å². The van der Waals surface area contributed by atoms with Gasteiger partial charge in [0.1, 0.15) is 5.15 Å². The lowest BCUT2D eigenvalue weighted by Crippen LogP contribution is -2.45. The van der Waals surface area contributed by atoms with Gasteiger partial charge in [-0.1, -0.05) is 44.0 Å². The second kappa shape index (κ2) is 5.71. The Morgan fingerprint density at radius 1 is 1.21 bits per heavy atom. The molecule has 2 rings (SSSR count). The van der Waals surface area contributed by atoms with Crippen LogP contribution >= 0.6 is 23.2 Å². The van der Waals surface area contributed by atoms with Crippen LogP contribution in [-0.4, -0.2) is 21.9 Å². The summed E-state index contributed by atoms with van der Waals surface area (Å²) >= 11 is 11.5. The van der Waals surface area contributed by atoms with E-state index in [4.69, 9.17) is 23.2 Å². The topological polar surface area (TPSA) is 57.8 Å². The number of nitrogens with one attached hydrogen (secondary N) is 2. The molecule has 1 aromatic rings. The van der Waals surface area contributed by atoms with Gasteiger partial charge < -0.3 is 10.3 Å². The summed E-state index contributed by atoms with van der Waals surface area (Å²) in [6.45, 7) is 6.68. The minimum atomic E-state index is -0.243. The van der Waals surface area contributed by atoms with Crippen molar-refractivity contribution in [2.24, 2.45) is 17.8 Å². The van der Waals surface area contributed by atoms with E-state index in [1.165, 1.54) is 0 Å². The van der Waals surface area contributed by atoms with E-state index in [2.05, 4.69) is 36.1 Å². The third-order valence-corrected chi connectivity index (χ3v) is 4.82. The number of hydrogen-bond donors (Lipinski definition) is 2. The Balaban J connectivity index is 2.02. The predicted octanol–water partition coefficient (Wildman–Crippen LogP) is 3.52. The fourth-order valence-corrected chi connectivity index (χ4v) is 2.99. The maximum absolute atomic E-state index is 12.1. The Morgan fingerprint density at radius 2 is 1.84 bits per heavy atom. The van der Waals surface area contributed by atoms with E-state index in [1.54, 1.807) is 0 Å². The normalized spacial score (nSPS) is 31.2. The smallest absolute Gasteiger partial charge is 0.287 e. The van der Waals surface area contributed by atoms with Crippen molar-refractivity contribution < 1.29 is 4.79 Å². The second-order valence-electron chi connectivity index (χ2n) is 5.67. The number of carbonyl (C=O) groups excluding carboxylic acids is 1. The summed E-state index contributed by atoms with van der Waals surface area (Å²) in [7, 11) is 0. The number of aromatic amines is 1. The molecular weight excluding hydrogens is 285 g/mol. The van der Waals surface area contributed by atoms with E-state index in [0.29, 0.717) is 17.8 Å². The standard InChI is InChI=1S/C13H19Cl2N3O/c1-6-4-8(3)9(5-7(6)2)16-13(19)12-17-10(14)11(15)18-12/h6-9H,4-5H2,1-3H3,(H,16,19)(H,17,18). The van der Waals surface area contributed by atoms with Crippen molar-refractivity contribution >= 4 is 29.1 Å². The van der Waals surface area contributed by atoms with Gasteiger partial charge in [0, 0.05) is 6.04 Å². The lowest BCUT2D eigenvalue weighted by Gasteiger charge is -2.37. The molecule has 0 spiro atoms. The average molecular weight is 304 g/mol. The highest BCUT2D eigenvalue weighted by atomic mass is 35.5. The Hall–Kier alpha value is -0.740. The van der Waals surface area contributed by atoms with Gasteiger partial charge in [0.05, 0.1) is 0 Å². The molecular formula is C13H19Cl2N3O. The van der Waals surface area contributed by atoms with E-state index >= 15 is 0 Å².